The Morgan fingerprint density at radius 1 is 1.19 bits per heavy atom. The zero-order valence-corrected chi connectivity index (χ0v) is 14.5. The summed E-state index contributed by atoms with van der Waals surface area (Å²) in [6.45, 7) is 6.08. The summed E-state index contributed by atoms with van der Waals surface area (Å²) in [6, 6.07) is 0. The summed E-state index contributed by atoms with van der Waals surface area (Å²) in [6.07, 6.45) is 0. The van der Waals surface area contributed by atoms with Gasteiger partial charge in [0.1, 0.15) is 11.5 Å². The molecule has 0 aromatic carbocycles. The number of ketones is 1. The number of carbonyl (C=O) groups excluding carboxylic acids is 1. The van der Waals surface area contributed by atoms with Gasteiger partial charge in [0.05, 0.1) is 0 Å². The molecule has 1 aliphatic rings. The molecule has 0 bridgehead atoms. The molecule has 0 aromatic heterocycles. The maximum absolute atomic E-state index is 11.7. The number of carbonyl (C=O) groups is 1. The lowest BCUT2D eigenvalue weighted by molar-refractivity contribution is -0.123. The normalized spacial score (nSPS) is 17.9. The first-order chi connectivity index (χ1) is 9.25. The minimum Gasteiger partial charge on any atom is -0.741 e. The third-order valence-corrected chi connectivity index (χ3v) is 6.79. The van der Waals surface area contributed by atoms with E-state index >= 15 is 0 Å². The summed E-state index contributed by atoms with van der Waals surface area (Å²) in [7, 11) is -5.68. The second-order valence-corrected chi connectivity index (χ2v) is 10.3. The van der Waals surface area contributed by atoms with Crippen LogP contribution in [-0.4, -0.2) is 53.0 Å². The third-order valence-electron chi connectivity index (χ3n) is 2.49. The van der Waals surface area contributed by atoms with Gasteiger partial charge in [-0.25, -0.2) is 8.42 Å². The van der Waals surface area contributed by atoms with Crippen LogP contribution in [0.15, 0.2) is 0 Å². The van der Waals surface area contributed by atoms with E-state index in [0.29, 0.717) is 16.7 Å². The molecule has 21 heavy (non-hydrogen) atoms. The van der Waals surface area contributed by atoms with Crippen molar-refractivity contribution in [3.63, 3.8) is 0 Å². The highest BCUT2D eigenvalue weighted by Crippen LogP contribution is 2.21. The molecule has 0 N–H and O–H groups in total. The average molecular weight is 368 g/mol. The molecular formula is C11H19F3O4S3. The van der Waals surface area contributed by atoms with Crippen molar-refractivity contribution in [3.05, 3.63) is 0 Å². The lowest BCUT2D eigenvalue weighted by Crippen LogP contribution is -2.33. The number of halogens is 3. The molecule has 1 fully saturated rings. The molecule has 0 aromatic rings. The van der Waals surface area contributed by atoms with Gasteiger partial charge in [0.15, 0.2) is 21.7 Å². The Labute approximate surface area is 130 Å². The topological polar surface area (TPSA) is 74.3 Å². The molecule has 10 heteroatoms. The number of hydrogen-bond acceptors (Lipinski definition) is 5. The largest absolute Gasteiger partial charge is 0.741 e. The van der Waals surface area contributed by atoms with Gasteiger partial charge in [0.25, 0.3) is 0 Å². The van der Waals surface area contributed by atoms with Crippen molar-refractivity contribution in [2.45, 2.75) is 26.3 Å². The maximum atomic E-state index is 11.7. The van der Waals surface area contributed by atoms with Gasteiger partial charge in [-0.15, -0.1) is 0 Å². The van der Waals surface area contributed by atoms with Crippen molar-refractivity contribution in [3.8, 4) is 0 Å². The smallest absolute Gasteiger partial charge is 0.485 e. The van der Waals surface area contributed by atoms with E-state index in [1.165, 1.54) is 23.0 Å². The quantitative estimate of drug-likeness (QED) is 0.423. The van der Waals surface area contributed by atoms with E-state index in [1.807, 2.05) is 32.5 Å². The molecule has 1 aliphatic heterocycles. The van der Waals surface area contributed by atoms with Crippen LogP contribution in [0.4, 0.5) is 13.2 Å². The molecule has 0 atom stereocenters. The fourth-order valence-corrected chi connectivity index (χ4v) is 5.43. The van der Waals surface area contributed by atoms with Gasteiger partial charge < -0.3 is 4.55 Å². The van der Waals surface area contributed by atoms with Crippen molar-refractivity contribution in [2.24, 2.45) is 5.41 Å². The van der Waals surface area contributed by atoms with Gasteiger partial charge >= 0.3 is 5.51 Å². The van der Waals surface area contributed by atoms with Crippen molar-refractivity contribution in [1.29, 1.82) is 0 Å². The van der Waals surface area contributed by atoms with Gasteiger partial charge in [-0.3, -0.25) is 4.79 Å². The van der Waals surface area contributed by atoms with Crippen LogP contribution in [0, 0.1) is 5.41 Å². The summed E-state index contributed by atoms with van der Waals surface area (Å²) >= 11 is 2.03. The molecule has 1 heterocycles. The van der Waals surface area contributed by atoms with E-state index < -0.39 is 15.6 Å². The standard InChI is InChI=1S/C10H19OS2.CHF3O3S/c1-10(2,3)9(11)8-13-6-4-12-5-7-13;2-1(3,4)8(5,6)7/h4-8H2,1-3H3;(H,5,6,7)/q+1;/p-1. The van der Waals surface area contributed by atoms with Crippen molar-refractivity contribution >= 4 is 38.6 Å². The highest BCUT2D eigenvalue weighted by atomic mass is 32.2. The summed E-state index contributed by atoms with van der Waals surface area (Å²) in [5.41, 5.74) is -5.77. The monoisotopic (exact) mass is 368 g/mol. The molecular weight excluding hydrogens is 349 g/mol. The minimum absolute atomic E-state index is 0.127. The van der Waals surface area contributed by atoms with E-state index in [-0.39, 0.29) is 5.41 Å². The van der Waals surface area contributed by atoms with Crippen LogP contribution in [0.2, 0.25) is 0 Å². The highest BCUT2D eigenvalue weighted by Gasteiger charge is 2.37. The van der Waals surface area contributed by atoms with Gasteiger partial charge in [-0.2, -0.15) is 24.9 Å². The Kier molecular flexibility index (Phi) is 8.10. The van der Waals surface area contributed by atoms with E-state index in [0.717, 1.165) is 5.75 Å². The zero-order valence-electron chi connectivity index (χ0n) is 12.0. The van der Waals surface area contributed by atoms with Crippen LogP contribution in [0.5, 0.6) is 0 Å². The van der Waals surface area contributed by atoms with Gasteiger partial charge in [-0.05, 0) is 10.9 Å². The lowest BCUT2D eigenvalue weighted by atomic mass is 9.92. The fraction of sp³-hybridized carbons (Fsp3) is 0.909. The second kappa shape index (κ2) is 8.07. The van der Waals surface area contributed by atoms with E-state index in [9.17, 15) is 18.0 Å². The van der Waals surface area contributed by atoms with Crippen molar-refractivity contribution in [2.75, 3.05) is 28.8 Å². The molecule has 0 aliphatic carbocycles. The van der Waals surface area contributed by atoms with Crippen LogP contribution >= 0.6 is 11.8 Å². The Morgan fingerprint density at radius 3 is 1.86 bits per heavy atom. The lowest BCUT2D eigenvalue weighted by Gasteiger charge is -2.18. The summed E-state index contributed by atoms with van der Waals surface area (Å²) < 4.78 is 58.9. The number of Topliss-reactive ketones (excluding diaryl/α,β-unsaturated/α-hetero) is 1. The van der Waals surface area contributed by atoms with E-state index in [4.69, 9.17) is 13.0 Å². The van der Waals surface area contributed by atoms with Crippen LogP contribution < -0.4 is 0 Å². The van der Waals surface area contributed by atoms with Crippen molar-refractivity contribution < 1.29 is 30.9 Å². The summed E-state index contributed by atoms with van der Waals surface area (Å²) in [5, 5.41) is 0. The third kappa shape index (κ3) is 8.94. The Hall–Kier alpha value is 0.0700. The second-order valence-electron chi connectivity index (χ2n) is 5.35. The first-order valence-electron chi connectivity index (χ1n) is 6.02. The van der Waals surface area contributed by atoms with Crippen molar-refractivity contribution in [1.82, 2.24) is 0 Å². The molecule has 4 nitrogen and oxygen atoms in total. The minimum atomic E-state index is -6.09. The summed E-state index contributed by atoms with van der Waals surface area (Å²) in [5.74, 6) is 6.35. The first kappa shape index (κ1) is 21.1. The maximum Gasteiger partial charge on any atom is 0.485 e. The number of thioether (sulfide) groups is 1. The average Bonchev–Trinajstić information content (AvgIpc) is 2.27. The van der Waals surface area contributed by atoms with Crippen LogP contribution in [0.25, 0.3) is 0 Å². The van der Waals surface area contributed by atoms with Gasteiger partial charge in [-0.1, -0.05) is 20.8 Å². The molecule has 0 spiro atoms. The van der Waals surface area contributed by atoms with Gasteiger partial charge in [0.2, 0.25) is 0 Å². The number of alkyl halides is 3. The SMILES string of the molecule is CC(C)(C)C(=O)C[S+]1CCSCC1.O=S(=O)([O-])C(F)(F)F. The van der Waals surface area contributed by atoms with Crippen LogP contribution in [-0.2, 0) is 25.8 Å². The van der Waals surface area contributed by atoms with Crippen LogP contribution in [0.1, 0.15) is 20.8 Å². The molecule has 1 saturated heterocycles. The molecule has 0 radical (unpaired) electrons. The zero-order chi connectivity index (χ0) is 16.9. The summed E-state index contributed by atoms with van der Waals surface area (Å²) in [4.78, 5) is 11.7. The molecule has 126 valence electrons. The van der Waals surface area contributed by atoms with E-state index in [2.05, 4.69) is 0 Å². The fourth-order valence-electron chi connectivity index (χ4n) is 1.10. The van der Waals surface area contributed by atoms with Gasteiger partial charge in [0, 0.05) is 16.9 Å². The highest BCUT2D eigenvalue weighted by molar-refractivity contribution is 8.05. The molecule has 1 rings (SSSR count). The number of rotatable bonds is 2. The molecule has 0 amide bonds. The molecule has 0 unspecified atom stereocenters. The predicted molar refractivity (Wildman–Crippen MR) is 79.5 cm³/mol. The number of hydrogen-bond donors (Lipinski definition) is 0. The Bertz CT molecular complexity index is 435. The van der Waals surface area contributed by atoms with Crippen LogP contribution in [0.3, 0.4) is 0 Å². The predicted octanol–water partition coefficient (Wildman–Crippen LogP) is 2.02. The Morgan fingerprint density at radius 2 is 1.57 bits per heavy atom. The Balaban J connectivity index is 0.000000433. The molecule has 0 saturated carbocycles. The first-order valence-corrected chi connectivity index (χ1v) is 10.3. The van der Waals surface area contributed by atoms with E-state index in [1.54, 1.807) is 0 Å².